The molecule has 0 aliphatic carbocycles. The molecule has 1 aromatic carbocycles. The van der Waals surface area contributed by atoms with E-state index in [0.717, 1.165) is 23.4 Å². The quantitative estimate of drug-likeness (QED) is 0.455. The Morgan fingerprint density at radius 1 is 1.23 bits per heavy atom. The molecule has 1 unspecified atom stereocenters. The Labute approximate surface area is 200 Å². The number of alkyl halides is 3. The van der Waals surface area contributed by atoms with E-state index in [1.807, 2.05) is 17.0 Å². The Kier molecular flexibility index (Phi) is 6.62. The summed E-state index contributed by atoms with van der Waals surface area (Å²) in [5.74, 6) is 0.626. The number of hydrogen-bond acceptors (Lipinski definition) is 7. The number of nitrogens with two attached hydrogens (primary N) is 2. The van der Waals surface area contributed by atoms with Gasteiger partial charge in [-0.3, -0.25) is 14.7 Å². The molecule has 0 saturated heterocycles. The van der Waals surface area contributed by atoms with Crippen LogP contribution in [0.3, 0.4) is 0 Å². The SMILES string of the molecule is Cc1nc(NC(C)c2cc(N)cc(C(F)(F)F)c2)c2cc(C3=CCN(CC(N)=O)CC3)ncc2n1. The van der Waals surface area contributed by atoms with Gasteiger partial charge in [0.15, 0.2) is 0 Å². The zero-order chi connectivity index (χ0) is 25.3. The summed E-state index contributed by atoms with van der Waals surface area (Å²) < 4.78 is 39.8. The number of halogens is 3. The lowest BCUT2D eigenvalue weighted by molar-refractivity contribution is -0.137. The number of fused-ring (bicyclic) bond motifs is 1. The molecule has 4 rings (SSSR count). The third-order valence-corrected chi connectivity index (χ3v) is 5.85. The normalized spacial score (nSPS) is 15.6. The van der Waals surface area contributed by atoms with E-state index in [1.165, 1.54) is 6.07 Å². The molecule has 5 N–H and O–H groups in total. The van der Waals surface area contributed by atoms with Crippen LogP contribution in [0.15, 0.2) is 36.5 Å². The van der Waals surface area contributed by atoms with Crippen LogP contribution in [0.2, 0.25) is 0 Å². The lowest BCUT2D eigenvalue weighted by atomic mass is 10.0. The number of pyridine rings is 1. The average Bonchev–Trinajstić information content (AvgIpc) is 2.78. The second kappa shape index (κ2) is 9.49. The van der Waals surface area contributed by atoms with Gasteiger partial charge in [-0.1, -0.05) is 6.08 Å². The second-order valence-electron chi connectivity index (χ2n) is 8.64. The third kappa shape index (κ3) is 5.68. The molecule has 11 heteroatoms. The molecule has 3 heterocycles. The summed E-state index contributed by atoms with van der Waals surface area (Å²) in [7, 11) is 0. The van der Waals surface area contributed by atoms with Gasteiger partial charge in [-0.2, -0.15) is 13.2 Å². The van der Waals surface area contributed by atoms with E-state index in [9.17, 15) is 18.0 Å². The first-order valence-electron chi connectivity index (χ1n) is 11.1. The second-order valence-corrected chi connectivity index (χ2v) is 8.64. The van der Waals surface area contributed by atoms with Crippen molar-refractivity contribution in [3.05, 3.63) is 59.2 Å². The third-order valence-electron chi connectivity index (χ3n) is 5.85. The number of primary amides is 1. The van der Waals surface area contributed by atoms with E-state index >= 15 is 0 Å². The molecule has 0 radical (unpaired) electrons. The molecule has 0 fully saturated rings. The van der Waals surface area contributed by atoms with E-state index in [0.29, 0.717) is 47.6 Å². The number of aryl methyl sites for hydroxylation is 1. The zero-order valence-corrected chi connectivity index (χ0v) is 19.4. The lowest BCUT2D eigenvalue weighted by Crippen LogP contribution is -2.36. The summed E-state index contributed by atoms with van der Waals surface area (Å²) in [4.78, 5) is 26.6. The van der Waals surface area contributed by atoms with Crippen LogP contribution in [0.1, 0.15) is 42.0 Å². The summed E-state index contributed by atoms with van der Waals surface area (Å²) in [5, 5.41) is 3.93. The number of aromatic nitrogens is 3. The van der Waals surface area contributed by atoms with Gasteiger partial charge in [-0.25, -0.2) is 9.97 Å². The minimum absolute atomic E-state index is 0.0355. The van der Waals surface area contributed by atoms with Crippen molar-refractivity contribution >= 4 is 33.9 Å². The zero-order valence-electron chi connectivity index (χ0n) is 19.4. The Bertz CT molecular complexity index is 1310. The van der Waals surface area contributed by atoms with Crippen LogP contribution < -0.4 is 16.8 Å². The number of nitrogen functional groups attached to an aromatic ring is 1. The van der Waals surface area contributed by atoms with E-state index in [2.05, 4.69) is 20.3 Å². The highest BCUT2D eigenvalue weighted by Crippen LogP contribution is 2.34. The summed E-state index contributed by atoms with van der Waals surface area (Å²) in [6, 6.07) is 4.88. The van der Waals surface area contributed by atoms with Crippen LogP contribution >= 0.6 is 0 Å². The molecule has 35 heavy (non-hydrogen) atoms. The topological polar surface area (TPSA) is 123 Å². The Hall–Kier alpha value is -3.73. The fourth-order valence-corrected chi connectivity index (χ4v) is 4.12. The summed E-state index contributed by atoms with van der Waals surface area (Å²) in [5.41, 5.74) is 13.0. The van der Waals surface area contributed by atoms with Gasteiger partial charge >= 0.3 is 6.18 Å². The monoisotopic (exact) mass is 485 g/mol. The molecule has 2 aromatic heterocycles. The first kappa shape index (κ1) is 24.4. The van der Waals surface area contributed by atoms with Gasteiger partial charge in [-0.05, 0) is 55.7 Å². The van der Waals surface area contributed by atoms with Gasteiger partial charge < -0.3 is 16.8 Å². The number of carbonyl (C=O) groups is 1. The fraction of sp³-hybridized carbons (Fsp3) is 0.333. The van der Waals surface area contributed by atoms with E-state index < -0.39 is 17.8 Å². The van der Waals surface area contributed by atoms with Crippen LogP contribution in [0.25, 0.3) is 16.5 Å². The average molecular weight is 486 g/mol. The number of rotatable bonds is 6. The maximum atomic E-state index is 13.3. The highest BCUT2D eigenvalue weighted by Gasteiger charge is 2.31. The molecule has 3 aromatic rings. The van der Waals surface area contributed by atoms with Crippen LogP contribution in [0, 0.1) is 6.92 Å². The van der Waals surface area contributed by atoms with Crippen molar-refractivity contribution in [3.63, 3.8) is 0 Å². The van der Waals surface area contributed by atoms with E-state index in [-0.39, 0.29) is 18.1 Å². The molecule has 1 atom stereocenters. The van der Waals surface area contributed by atoms with Crippen LogP contribution in [0.4, 0.5) is 24.7 Å². The number of carbonyl (C=O) groups excluding carboxylic acids is 1. The minimum Gasteiger partial charge on any atom is -0.399 e. The smallest absolute Gasteiger partial charge is 0.399 e. The fourth-order valence-electron chi connectivity index (χ4n) is 4.12. The summed E-state index contributed by atoms with van der Waals surface area (Å²) in [6.07, 6.45) is -0.130. The van der Waals surface area contributed by atoms with Gasteiger partial charge in [0.1, 0.15) is 11.6 Å². The number of amides is 1. The van der Waals surface area contributed by atoms with Gasteiger partial charge in [0.2, 0.25) is 5.91 Å². The van der Waals surface area contributed by atoms with Crippen molar-refractivity contribution < 1.29 is 18.0 Å². The summed E-state index contributed by atoms with van der Waals surface area (Å²) >= 11 is 0. The maximum absolute atomic E-state index is 13.3. The number of hydrogen-bond donors (Lipinski definition) is 3. The van der Waals surface area contributed by atoms with E-state index in [4.69, 9.17) is 11.5 Å². The number of nitrogens with one attached hydrogen (secondary N) is 1. The van der Waals surface area contributed by atoms with Gasteiger partial charge in [0.05, 0.1) is 35.6 Å². The Morgan fingerprint density at radius 3 is 2.66 bits per heavy atom. The maximum Gasteiger partial charge on any atom is 0.416 e. The number of benzene rings is 1. The first-order chi connectivity index (χ1) is 16.5. The molecular formula is C24H26F3N7O. The van der Waals surface area contributed by atoms with Crippen LogP contribution in [0.5, 0.6) is 0 Å². The minimum atomic E-state index is -4.50. The Morgan fingerprint density at radius 2 is 2.00 bits per heavy atom. The van der Waals surface area contributed by atoms with Crippen molar-refractivity contribution in [1.29, 1.82) is 0 Å². The molecule has 8 nitrogen and oxygen atoms in total. The van der Waals surface area contributed by atoms with Gasteiger partial charge in [0.25, 0.3) is 0 Å². The standard InChI is InChI=1S/C24H26F3N7O/c1-13(16-7-17(24(25,26)27)9-18(28)8-16)31-23-19-10-20(30-11-21(19)32-14(2)33-23)15-3-5-34(6-4-15)12-22(29)35/h3,7-11,13H,4-6,12,28H2,1-2H3,(H2,29,35)(H,31,32,33). The molecule has 0 saturated carbocycles. The molecule has 184 valence electrons. The predicted molar refractivity (Wildman–Crippen MR) is 128 cm³/mol. The molecule has 1 aliphatic heterocycles. The highest BCUT2D eigenvalue weighted by atomic mass is 19.4. The highest BCUT2D eigenvalue weighted by molar-refractivity contribution is 5.90. The molecule has 0 spiro atoms. The number of nitrogens with zero attached hydrogens (tertiary/aromatic N) is 4. The van der Waals surface area contributed by atoms with Gasteiger partial charge in [-0.15, -0.1) is 0 Å². The largest absolute Gasteiger partial charge is 0.416 e. The summed E-state index contributed by atoms with van der Waals surface area (Å²) in [6.45, 7) is 4.95. The van der Waals surface area contributed by atoms with Crippen molar-refractivity contribution in [2.75, 3.05) is 30.7 Å². The van der Waals surface area contributed by atoms with Gasteiger partial charge in [0, 0.05) is 24.2 Å². The van der Waals surface area contributed by atoms with Crippen LogP contribution in [-0.4, -0.2) is 45.4 Å². The van der Waals surface area contributed by atoms with E-state index in [1.54, 1.807) is 20.0 Å². The van der Waals surface area contributed by atoms with Crippen molar-refractivity contribution in [2.24, 2.45) is 5.73 Å². The number of anilines is 2. The molecule has 0 bridgehead atoms. The van der Waals surface area contributed by atoms with Crippen molar-refractivity contribution in [1.82, 2.24) is 19.9 Å². The molecule has 1 amide bonds. The Balaban J connectivity index is 1.65. The van der Waals surface area contributed by atoms with Crippen molar-refractivity contribution in [3.8, 4) is 0 Å². The molecular weight excluding hydrogens is 459 g/mol. The predicted octanol–water partition coefficient (Wildman–Crippen LogP) is 3.68. The first-order valence-corrected chi connectivity index (χ1v) is 11.1. The molecule has 1 aliphatic rings. The van der Waals surface area contributed by atoms with Crippen LogP contribution in [-0.2, 0) is 11.0 Å². The van der Waals surface area contributed by atoms with Crippen molar-refractivity contribution in [2.45, 2.75) is 32.5 Å². The lowest BCUT2D eigenvalue weighted by Gasteiger charge is -2.25.